The van der Waals surface area contributed by atoms with Crippen LogP contribution in [0.3, 0.4) is 0 Å². The fourth-order valence-electron chi connectivity index (χ4n) is 2.49. The van der Waals surface area contributed by atoms with Crippen molar-refractivity contribution in [1.82, 2.24) is 5.32 Å². The van der Waals surface area contributed by atoms with Crippen molar-refractivity contribution in [3.8, 4) is 17.2 Å². The van der Waals surface area contributed by atoms with Crippen LogP contribution in [0.25, 0.3) is 0 Å². The van der Waals surface area contributed by atoms with E-state index in [-0.39, 0.29) is 6.10 Å². The average molecular weight is 359 g/mol. The first-order valence-corrected chi connectivity index (χ1v) is 8.87. The van der Waals surface area contributed by atoms with Crippen LogP contribution in [0.4, 0.5) is 0 Å². The molecule has 0 aromatic heterocycles. The molecule has 0 amide bonds. The van der Waals surface area contributed by atoms with E-state index < -0.39 is 0 Å². The minimum absolute atomic E-state index is 0.190. The number of nitrogens with one attached hydrogen (secondary N) is 1. The molecule has 0 heterocycles. The van der Waals surface area contributed by atoms with Crippen molar-refractivity contribution in [1.29, 1.82) is 0 Å². The summed E-state index contributed by atoms with van der Waals surface area (Å²) in [4.78, 5) is 0. The number of rotatable bonds is 11. The van der Waals surface area contributed by atoms with Crippen molar-refractivity contribution in [3.05, 3.63) is 53.6 Å². The van der Waals surface area contributed by atoms with E-state index in [9.17, 15) is 0 Å². The van der Waals surface area contributed by atoms with Gasteiger partial charge in [0.05, 0.1) is 19.8 Å². The number of hydrogen-bond donors (Lipinski definition) is 1. The molecule has 0 unspecified atom stereocenters. The van der Waals surface area contributed by atoms with E-state index in [0.717, 1.165) is 35.9 Å². The van der Waals surface area contributed by atoms with Gasteiger partial charge in [-0.2, -0.15) is 0 Å². The fraction of sp³-hybridized carbons (Fsp3) is 0.429. The lowest BCUT2D eigenvalue weighted by molar-refractivity contribution is 0.144. The Balaban J connectivity index is 1.85. The van der Waals surface area contributed by atoms with Gasteiger partial charge in [0.1, 0.15) is 12.4 Å². The maximum absolute atomic E-state index is 5.66. The summed E-state index contributed by atoms with van der Waals surface area (Å²) in [5, 5.41) is 3.44. The van der Waals surface area contributed by atoms with Gasteiger partial charge in [0.15, 0.2) is 11.5 Å². The first-order valence-electron chi connectivity index (χ1n) is 8.87. The van der Waals surface area contributed by atoms with Crippen LogP contribution in [-0.2, 0) is 17.8 Å². The van der Waals surface area contributed by atoms with Crippen LogP contribution < -0.4 is 19.5 Å². The zero-order valence-electron chi connectivity index (χ0n) is 16.1. The predicted molar refractivity (Wildman–Crippen MR) is 103 cm³/mol. The molecule has 0 aliphatic heterocycles. The van der Waals surface area contributed by atoms with E-state index >= 15 is 0 Å². The minimum atomic E-state index is 0.190. The summed E-state index contributed by atoms with van der Waals surface area (Å²) in [7, 11) is 3.30. The molecule has 26 heavy (non-hydrogen) atoms. The molecule has 2 aromatic carbocycles. The van der Waals surface area contributed by atoms with Gasteiger partial charge in [-0.3, -0.25) is 0 Å². The Hall–Kier alpha value is -2.24. The highest BCUT2D eigenvalue weighted by molar-refractivity contribution is 5.43. The largest absolute Gasteiger partial charge is 0.493 e. The summed E-state index contributed by atoms with van der Waals surface area (Å²) < 4.78 is 21.7. The van der Waals surface area contributed by atoms with E-state index in [2.05, 4.69) is 17.4 Å². The lowest BCUT2D eigenvalue weighted by Gasteiger charge is -2.13. The summed E-state index contributed by atoms with van der Waals surface area (Å²) >= 11 is 0. The van der Waals surface area contributed by atoms with Crippen molar-refractivity contribution < 1.29 is 18.9 Å². The zero-order valence-corrected chi connectivity index (χ0v) is 16.1. The van der Waals surface area contributed by atoms with E-state index in [1.54, 1.807) is 14.2 Å². The molecule has 5 nitrogen and oxygen atoms in total. The normalized spacial score (nSPS) is 10.8. The maximum Gasteiger partial charge on any atom is 0.161 e. The lowest BCUT2D eigenvalue weighted by Crippen LogP contribution is -2.13. The molecule has 1 N–H and O–H groups in total. The Morgan fingerprint density at radius 3 is 2.19 bits per heavy atom. The first-order chi connectivity index (χ1) is 12.6. The monoisotopic (exact) mass is 359 g/mol. The molecule has 0 fully saturated rings. The quantitative estimate of drug-likeness (QED) is 0.619. The standard InChI is InChI=1S/C21H29NO4/c1-16(2)26-19-8-5-17(6-9-19)14-22-15-18-7-10-20(21(13-18)24-4)25-12-11-23-3/h5-10,13,16,22H,11-12,14-15H2,1-4H3. The summed E-state index contributed by atoms with van der Waals surface area (Å²) in [6, 6.07) is 14.1. The van der Waals surface area contributed by atoms with E-state index in [1.807, 2.05) is 44.2 Å². The molecule has 0 aliphatic carbocycles. The molecule has 142 valence electrons. The van der Waals surface area contributed by atoms with Crippen molar-refractivity contribution in [2.45, 2.75) is 33.0 Å². The number of benzene rings is 2. The molecule has 0 spiro atoms. The lowest BCUT2D eigenvalue weighted by atomic mass is 10.2. The topological polar surface area (TPSA) is 49.0 Å². The van der Waals surface area contributed by atoms with Crippen molar-refractivity contribution >= 4 is 0 Å². The van der Waals surface area contributed by atoms with Crippen molar-refractivity contribution in [2.24, 2.45) is 0 Å². The molecule has 5 heteroatoms. The second kappa shape index (κ2) is 10.7. The summed E-state index contributed by atoms with van der Waals surface area (Å²) in [6.07, 6.45) is 0.190. The fourth-order valence-corrected chi connectivity index (χ4v) is 2.49. The third-order valence-corrected chi connectivity index (χ3v) is 3.73. The van der Waals surface area contributed by atoms with E-state index in [0.29, 0.717) is 13.2 Å². The van der Waals surface area contributed by atoms with Gasteiger partial charge in [-0.15, -0.1) is 0 Å². The Bertz CT molecular complexity index is 656. The Morgan fingerprint density at radius 2 is 1.54 bits per heavy atom. The smallest absolute Gasteiger partial charge is 0.161 e. The van der Waals surface area contributed by atoms with E-state index in [1.165, 1.54) is 5.56 Å². The maximum atomic E-state index is 5.66. The molecule has 0 bridgehead atoms. The predicted octanol–water partition coefficient (Wildman–Crippen LogP) is 3.80. The van der Waals surface area contributed by atoms with Gasteiger partial charge in [0.2, 0.25) is 0 Å². The van der Waals surface area contributed by atoms with Gasteiger partial charge in [0.25, 0.3) is 0 Å². The number of methoxy groups -OCH3 is 2. The second-order valence-electron chi connectivity index (χ2n) is 6.24. The molecular formula is C21H29NO4. The summed E-state index contributed by atoms with van der Waals surface area (Å²) in [5.41, 5.74) is 2.35. The molecule has 0 radical (unpaired) electrons. The molecule has 2 aromatic rings. The van der Waals surface area contributed by atoms with Crippen LogP contribution >= 0.6 is 0 Å². The van der Waals surface area contributed by atoms with Crippen LogP contribution in [0.2, 0.25) is 0 Å². The number of hydrogen-bond acceptors (Lipinski definition) is 5. The van der Waals surface area contributed by atoms with Gasteiger partial charge in [-0.05, 0) is 49.2 Å². The van der Waals surface area contributed by atoms with Crippen LogP contribution in [-0.4, -0.2) is 33.5 Å². The Labute approximate surface area is 156 Å². The molecule has 0 saturated heterocycles. The highest BCUT2D eigenvalue weighted by atomic mass is 16.5. The third kappa shape index (κ3) is 6.58. The molecule has 0 aliphatic rings. The van der Waals surface area contributed by atoms with Gasteiger partial charge >= 0.3 is 0 Å². The highest BCUT2D eigenvalue weighted by Gasteiger charge is 2.06. The van der Waals surface area contributed by atoms with Crippen LogP contribution in [0.1, 0.15) is 25.0 Å². The van der Waals surface area contributed by atoms with Crippen LogP contribution in [0.5, 0.6) is 17.2 Å². The molecule has 0 atom stereocenters. The van der Waals surface area contributed by atoms with Gasteiger partial charge in [-0.1, -0.05) is 18.2 Å². The van der Waals surface area contributed by atoms with E-state index in [4.69, 9.17) is 18.9 Å². The third-order valence-electron chi connectivity index (χ3n) is 3.73. The molecule has 0 saturated carbocycles. The molecular weight excluding hydrogens is 330 g/mol. The zero-order chi connectivity index (χ0) is 18.8. The van der Waals surface area contributed by atoms with Crippen molar-refractivity contribution in [2.75, 3.05) is 27.4 Å². The van der Waals surface area contributed by atoms with Gasteiger partial charge < -0.3 is 24.3 Å². The Morgan fingerprint density at radius 1 is 0.846 bits per heavy atom. The second-order valence-corrected chi connectivity index (χ2v) is 6.24. The summed E-state index contributed by atoms with van der Waals surface area (Å²) in [5.74, 6) is 2.36. The van der Waals surface area contributed by atoms with Gasteiger partial charge in [-0.25, -0.2) is 0 Å². The average Bonchev–Trinajstić information content (AvgIpc) is 2.64. The van der Waals surface area contributed by atoms with Crippen molar-refractivity contribution in [3.63, 3.8) is 0 Å². The Kier molecular flexibility index (Phi) is 8.25. The van der Waals surface area contributed by atoms with Crippen LogP contribution in [0, 0.1) is 0 Å². The summed E-state index contributed by atoms with van der Waals surface area (Å²) in [6.45, 7) is 6.64. The SMILES string of the molecule is COCCOc1ccc(CNCc2ccc(OC(C)C)cc2)cc1OC. The van der Waals surface area contributed by atoms with Crippen LogP contribution in [0.15, 0.2) is 42.5 Å². The minimum Gasteiger partial charge on any atom is -0.493 e. The molecule has 2 rings (SSSR count). The number of ether oxygens (including phenoxy) is 4. The first kappa shape index (κ1) is 20.1. The highest BCUT2D eigenvalue weighted by Crippen LogP contribution is 2.28. The van der Waals surface area contributed by atoms with Gasteiger partial charge in [0, 0.05) is 20.2 Å².